The van der Waals surface area contributed by atoms with E-state index in [0.29, 0.717) is 53.9 Å². The van der Waals surface area contributed by atoms with E-state index >= 15 is 0 Å². The Morgan fingerprint density at radius 2 is 1.63 bits per heavy atom. The topological polar surface area (TPSA) is 100 Å². The summed E-state index contributed by atoms with van der Waals surface area (Å²) in [7, 11) is 0. The minimum absolute atomic E-state index is 0.0343. The van der Waals surface area contributed by atoms with Crippen molar-refractivity contribution in [3.05, 3.63) is 59.4 Å². The maximum absolute atomic E-state index is 12.4. The number of halogens is 1. The molecule has 0 spiro atoms. The molecule has 2 amide bonds. The maximum Gasteiger partial charge on any atom is 0.238 e. The van der Waals surface area contributed by atoms with Gasteiger partial charge in [-0.05, 0) is 74.8 Å². The molecule has 2 N–H and O–H groups in total. The third kappa shape index (κ3) is 7.90. The van der Waals surface area contributed by atoms with Crippen LogP contribution in [0.5, 0.6) is 0 Å². The Morgan fingerprint density at radius 1 is 0.943 bits per heavy atom. The van der Waals surface area contributed by atoms with Crippen molar-refractivity contribution in [2.75, 3.05) is 30.3 Å². The van der Waals surface area contributed by atoms with Crippen LogP contribution in [0.2, 0.25) is 5.02 Å². The molecule has 1 aromatic heterocycles. The molecule has 0 radical (unpaired) electrons. The van der Waals surface area contributed by atoms with Gasteiger partial charge >= 0.3 is 0 Å². The molecule has 0 saturated carbocycles. The number of hydrogen-bond donors (Lipinski definition) is 2. The zero-order chi connectivity index (χ0) is 24.5. The van der Waals surface area contributed by atoms with E-state index in [9.17, 15) is 9.59 Å². The molecular weight excluding hydrogens is 466 g/mol. The van der Waals surface area contributed by atoms with Gasteiger partial charge < -0.3 is 15.2 Å². The quantitative estimate of drug-likeness (QED) is 0.425. The largest absolute Gasteiger partial charge is 0.339 e. The molecule has 8 nitrogen and oxygen atoms in total. The molecule has 2 aromatic carbocycles. The van der Waals surface area contributed by atoms with Crippen molar-refractivity contribution in [1.29, 1.82) is 0 Å². The summed E-state index contributed by atoms with van der Waals surface area (Å²) in [6.45, 7) is 2.33. The van der Waals surface area contributed by atoms with Crippen LogP contribution >= 0.6 is 11.6 Å². The summed E-state index contributed by atoms with van der Waals surface area (Å²) >= 11 is 5.91. The number of nitrogens with one attached hydrogen (secondary N) is 2. The van der Waals surface area contributed by atoms with Gasteiger partial charge in [0, 0.05) is 34.8 Å². The Bertz CT molecular complexity index is 1120. The number of carbonyl (C=O) groups excluding carboxylic acids is 2. The number of hydrogen-bond acceptors (Lipinski definition) is 6. The van der Waals surface area contributed by atoms with Crippen molar-refractivity contribution in [2.45, 2.75) is 44.9 Å². The lowest BCUT2D eigenvalue weighted by Gasteiger charge is -2.19. The first-order chi connectivity index (χ1) is 17.0. The number of aryl methyl sites for hydroxylation is 1. The van der Waals surface area contributed by atoms with Gasteiger partial charge in [-0.15, -0.1) is 0 Å². The second kappa shape index (κ2) is 12.5. The van der Waals surface area contributed by atoms with Crippen LogP contribution in [-0.2, 0) is 16.0 Å². The highest BCUT2D eigenvalue weighted by Gasteiger charge is 2.14. The molecule has 0 atom stereocenters. The summed E-state index contributed by atoms with van der Waals surface area (Å²) in [5.74, 6) is 0.830. The highest BCUT2D eigenvalue weighted by Crippen LogP contribution is 2.20. The van der Waals surface area contributed by atoms with Gasteiger partial charge in [0.1, 0.15) is 0 Å². The number of rotatable bonds is 9. The molecule has 9 heteroatoms. The number of likely N-dealkylation sites (tertiary alicyclic amines) is 1. The van der Waals surface area contributed by atoms with E-state index in [1.165, 1.54) is 12.8 Å². The first-order valence-electron chi connectivity index (χ1n) is 12.1. The number of benzene rings is 2. The fourth-order valence-corrected chi connectivity index (χ4v) is 4.19. The third-order valence-electron chi connectivity index (χ3n) is 5.86. The molecule has 4 rings (SSSR count). The molecule has 1 aliphatic rings. The van der Waals surface area contributed by atoms with Crippen molar-refractivity contribution in [3.63, 3.8) is 0 Å². The first-order valence-corrected chi connectivity index (χ1v) is 12.4. The van der Waals surface area contributed by atoms with E-state index in [0.717, 1.165) is 31.5 Å². The molecule has 0 bridgehead atoms. The Kier molecular flexibility index (Phi) is 8.86. The fourth-order valence-electron chi connectivity index (χ4n) is 4.07. The van der Waals surface area contributed by atoms with Gasteiger partial charge in [0.15, 0.2) is 0 Å². The Morgan fingerprint density at radius 3 is 2.34 bits per heavy atom. The molecule has 0 aliphatic carbocycles. The molecule has 2 heterocycles. The summed E-state index contributed by atoms with van der Waals surface area (Å²) in [4.78, 5) is 31.4. The Hall–Kier alpha value is -3.23. The summed E-state index contributed by atoms with van der Waals surface area (Å²) in [6.07, 6.45) is 6.14. The predicted molar refractivity (Wildman–Crippen MR) is 136 cm³/mol. The van der Waals surface area contributed by atoms with Gasteiger partial charge in [0.05, 0.1) is 6.54 Å². The predicted octanol–water partition coefficient (Wildman–Crippen LogP) is 5.17. The average Bonchev–Trinajstić information content (AvgIpc) is 3.15. The van der Waals surface area contributed by atoms with Gasteiger partial charge in [-0.25, -0.2) is 0 Å². The molecule has 1 saturated heterocycles. The van der Waals surface area contributed by atoms with Gasteiger partial charge in [0.25, 0.3) is 0 Å². The zero-order valence-corrected chi connectivity index (χ0v) is 20.4. The monoisotopic (exact) mass is 495 g/mol. The normalized spacial score (nSPS) is 14.3. The van der Waals surface area contributed by atoms with E-state index in [1.54, 1.807) is 24.3 Å². The minimum atomic E-state index is -0.115. The molecular formula is C26H30ClN5O3. The average molecular weight is 496 g/mol. The van der Waals surface area contributed by atoms with Crippen molar-refractivity contribution < 1.29 is 14.1 Å². The zero-order valence-electron chi connectivity index (χ0n) is 19.6. The van der Waals surface area contributed by atoms with Gasteiger partial charge in [-0.3, -0.25) is 14.5 Å². The highest BCUT2D eigenvalue weighted by atomic mass is 35.5. The SMILES string of the molecule is O=C(CCCc1nc(-c2ccc(Cl)cc2)no1)Nc1cccc(NC(=O)CN2CCCCCC2)c1. The first kappa shape index (κ1) is 24.9. The lowest BCUT2D eigenvalue weighted by atomic mass is 10.2. The van der Waals surface area contributed by atoms with Gasteiger partial charge in [0.2, 0.25) is 23.5 Å². The molecule has 184 valence electrons. The number of nitrogens with zero attached hydrogens (tertiary/aromatic N) is 3. The van der Waals surface area contributed by atoms with Crippen molar-refractivity contribution in [1.82, 2.24) is 15.0 Å². The van der Waals surface area contributed by atoms with E-state index < -0.39 is 0 Å². The van der Waals surface area contributed by atoms with Crippen molar-refractivity contribution >= 4 is 34.8 Å². The van der Waals surface area contributed by atoms with Crippen molar-refractivity contribution in [2.24, 2.45) is 0 Å². The summed E-state index contributed by atoms with van der Waals surface area (Å²) in [5.41, 5.74) is 2.13. The van der Waals surface area contributed by atoms with Crippen LogP contribution in [0.4, 0.5) is 11.4 Å². The van der Waals surface area contributed by atoms with Crippen LogP contribution in [-0.4, -0.2) is 46.5 Å². The molecule has 1 aliphatic heterocycles. The third-order valence-corrected chi connectivity index (χ3v) is 6.11. The highest BCUT2D eigenvalue weighted by molar-refractivity contribution is 6.30. The van der Waals surface area contributed by atoms with Crippen LogP contribution in [0.1, 0.15) is 44.4 Å². The van der Waals surface area contributed by atoms with E-state index in [-0.39, 0.29) is 11.8 Å². The number of carbonyl (C=O) groups is 2. The molecule has 0 unspecified atom stereocenters. The van der Waals surface area contributed by atoms with E-state index in [4.69, 9.17) is 16.1 Å². The number of aromatic nitrogens is 2. The Labute approximate surface area is 210 Å². The summed E-state index contributed by atoms with van der Waals surface area (Å²) in [5, 5.41) is 10.5. The number of amides is 2. The van der Waals surface area contributed by atoms with E-state index in [1.807, 2.05) is 24.3 Å². The minimum Gasteiger partial charge on any atom is -0.339 e. The molecule has 35 heavy (non-hydrogen) atoms. The van der Waals surface area contributed by atoms with Gasteiger partial charge in [-0.1, -0.05) is 35.7 Å². The van der Waals surface area contributed by atoms with Crippen LogP contribution in [0.25, 0.3) is 11.4 Å². The van der Waals surface area contributed by atoms with Crippen LogP contribution in [0.3, 0.4) is 0 Å². The smallest absolute Gasteiger partial charge is 0.238 e. The van der Waals surface area contributed by atoms with E-state index in [2.05, 4.69) is 25.7 Å². The lowest BCUT2D eigenvalue weighted by Crippen LogP contribution is -2.33. The second-order valence-corrected chi connectivity index (χ2v) is 9.18. The lowest BCUT2D eigenvalue weighted by molar-refractivity contribution is -0.117. The summed E-state index contributed by atoms with van der Waals surface area (Å²) in [6, 6.07) is 14.4. The Balaban J connectivity index is 1.21. The standard InChI is InChI=1S/C26H30ClN5O3/c27-20-13-11-19(12-14-20)26-30-25(35-31-26)10-6-9-23(33)28-21-7-5-8-22(17-21)29-24(34)18-32-15-3-1-2-4-16-32/h5,7-8,11-14,17H,1-4,6,9-10,15-16,18H2,(H,28,33)(H,29,34). The van der Waals surface area contributed by atoms with Gasteiger partial charge in [-0.2, -0.15) is 4.98 Å². The number of anilines is 2. The maximum atomic E-state index is 12.4. The van der Waals surface area contributed by atoms with Crippen LogP contribution < -0.4 is 10.6 Å². The summed E-state index contributed by atoms with van der Waals surface area (Å²) < 4.78 is 5.29. The molecule has 1 fully saturated rings. The second-order valence-electron chi connectivity index (χ2n) is 8.74. The van der Waals surface area contributed by atoms with Crippen LogP contribution in [0.15, 0.2) is 53.1 Å². The molecule has 3 aromatic rings. The van der Waals surface area contributed by atoms with Crippen LogP contribution in [0, 0.1) is 0 Å². The van der Waals surface area contributed by atoms with Crippen molar-refractivity contribution in [3.8, 4) is 11.4 Å². The fraction of sp³-hybridized carbons (Fsp3) is 0.385.